The maximum Gasteiger partial charge on any atom is 0.159 e. The lowest BCUT2D eigenvalue weighted by molar-refractivity contribution is 1.18. The van der Waals surface area contributed by atoms with E-state index < -0.39 is 0 Å². The molecule has 0 spiro atoms. The SMILES string of the molecule is c1ccc(-c2c3ccccc3c(-c3cc4ccc(-c5ccc(-c6ncccn6)c6ccccc56)nc4c4ncccc34)c3ccccc23)cc1. The average molecular weight is 637 g/mol. The van der Waals surface area contributed by atoms with E-state index in [0.717, 1.165) is 55.0 Å². The topological polar surface area (TPSA) is 51.6 Å². The minimum absolute atomic E-state index is 0.710. The number of fused-ring (bicyclic) bond motifs is 6. The Balaban J connectivity index is 1.23. The van der Waals surface area contributed by atoms with Crippen molar-refractivity contribution in [2.45, 2.75) is 0 Å². The van der Waals surface area contributed by atoms with Gasteiger partial charge in [-0.05, 0) is 84.9 Å². The van der Waals surface area contributed by atoms with E-state index in [9.17, 15) is 0 Å². The van der Waals surface area contributed by atoms with Crippen molar-refractivity contribution in [3.8, 4) is 44.9 Å². The fourth-order valence-corrected chi connectivity index (χ4v) is 7.67. The van der Waals surface area contributed by atoms with Crippen LogP contribution in [-0.4, -0.2) is 19.9 Å². The van der Waals surface area contributed by atoms with E-state index in [0.29, 0.717) is 5.82 Å². The third-order valence-corrected chi connectivity index (χ3v) is 9.82. The Labute approximate surface area is 288 Å². The first-order chi connectivity index (χ1) is 24.8. The zero-order chi connectivity index (χ0) is 33.0. The number of hydrogen-bond acceptors (Lipinski definition) is 4. The van der Waals surface area contributed by atoms with Crippen molar-refractivity contribution in [2.24, 2.45) is 0 Å². The molecule has 10 rings (SSSR count). The van der Waals surface area contributed by atoms with Crippen LogP contribution in [0.3, 0.4) is 0 Å². The van der Waals surface area contributed by atoms with Gasteiger partial charge in [0.05, 0.1) is 16.7 Å². The lowest BCUT2D eigenvalue weighted by atomic mass is 9.84. The van der Waals surface area contributed by atoms with Crippen LogP contribution in [0.4, 0.5) is 0 Å². The molecule has 7 aromatic carbocycles. The number of rotatable bonds is 4. The molecule has 0 unspecified atom stereocenters. The van der Waals surface area contributed by atoms with Crippen molar-refractivity contribution in [1.29, 1.82) is 0 Å². The largest absolute Gasteiger partial charge is 0.254 e. The maximum absolute atomic E-state index is 5.35. The molecule has 4 nitrogen and oxygen atoms in total. The van der Waals surface area contributed by atoms with Gasteiger partial charge in [-0.3, -0.25) is 4.98 Å². The van der Waals surface area contributed by atoms with Crippen LogP contribution in [0.25, 0.3) is 99.0 Å². The molecule has 3 aromatic heterocycles. The summed E-state index contributed by atoms with van der Waals surface area (Å²) in [5.41, 5.74) is 9.57. The molecule has 0 atom stereocenters. The van der Waals surface area contributed by atoms with E-state index in [-0.39, 0.29) is 0 Å². The minimum atomic E-state index is 0.710. The molecule has 3 heterocycles. The summed E-state index contributed by atoms with van der Waals surface area (Å²) in [7, 11) is 0. The Morgan fingerprint density at radius 3 is 1.60 bits per heavy atom. The van der Waals surface area contributed by atoms with E-state index in [4.69, 9.17) is 9.97 Å². The summed E-state index contributed by atoms with van der Waals surface area (Å²) in [6.45, 7) is 0. The Bertz CT molecular complexity index is 2860. The van der Waals surface area contributed by atoms with Crippen LogP contribution in [0, 0.1) is 0 Å². The normalized spacial score (nSPS) is 11.6. The Morgan fingerprint density at radius 1 is 0.340 bits per heavy atom. The molecule has 232 valence electrons. The summed E-state index contributed by atoms with van der Waals surface area (Å²) in [5, 5.41) is 9.22. The summed E-state index contributed by atoms with van der Waals surface area (Å²) in [5.74, 6) is 0.710. The summed E-state index contributed by atoms with van der Waals surface area (Å²) < 4.78 is 0. The second kappa shape index (κ2) is 11.4. The quantitative estimate of drug-likeness (QED) is 0.142. The Hall–Kier alpha value is -6.78. The van der Waals surface area contributed by atoms with Gasteiger partial charge >= 0.3 is 0 Å². The average Bonchev–Trinajstić information content (AvgIpc) is 3.20. The fraction of sp³-hybridized carbons (Fsp3) is 0. The van der Waals surface area contributed by atoms with Crippen LogP contribution in [0.1, 0.15) is 0 Å². The molecule has 0 radical (unpaired) electrons. The lowest BCUT2D eigenvalue weighted by Gasteiger charge is -2.19. The van der Waals surface area contributed by atoms with Gasteiger partial charge in [0.25, 0.3) is 0 Å². The van der Waals surface area contributed by atoms with Gasteiger partial charge in [-0.1, -0.05) is 121 Å². The van der Waals surface area contributed by atoms with Crippen molar-refractivity contribution in [1.82, 2.24) is 19.9 Å². The van der Waals surface area contributed by atoms with Crippen LogP contribution in [0.15, 0.2) is 170 Å². The van der Waals surface area contributed by atoms with E-state index in [1.807, 2.05) is 18.3 Å². The molecule has 10 aromatic rings. The van der Waals surface area contributed by atoms with Gasteiger partial charge in [0.15, 0.2) is 5.82 Å². The molecule has 0 saturated carbocycles. The smallest absolute Gasteiger partial charge is 0.159 e. The highest BCUT2D eigenvalue weighted by Crippen LogP contribution is 2.46. The second-order valence-corrected chi connectivity index (χ2v) is 12.6. The van der Waals surface area contributed by atoms with Gasteiger partial charge in [0.2, 0.25) is 0 Å². The zero-order valence-electron chi connectivity index (χ0n) is 27.0. The van der Waals surface area contributed by atoms with Crippen molar-refractivity contribution < 1.29 is 0 Å². The Morgan fingerprint density at radius 2 is 0.900 bits per heavy atom. The predicted octanol–water partition coefficient (Wildman–Crippen LogP) is 11.7. The van der Waals surface area contributed by atoms with Crippen molar-refractivity contribution in [3.63, 3.8) is 0 Å². The number of nitrogens with zero attached hydrogens (tertiary/aromatic N) is 4. The van der Waals surface area contributed by atoms with E-state index >= 15 is 0 Å². The van der Waals surface area contributed by atoms with Crippen LogP contribution in [-0.2, 0) is 0 Å². The van der Waals surface area contributed by atoms with Gasteiger partial charge in [-0.25, -0.2) is 15.0 Å². The molecule has 0 aliphatic heterocycles. The first-order valence-corrected chi connectivity index (χ1v) is 16.8. The number of pyridine rings is 2. The number of hydrogen-bond donors (Lipinski definition) is 0. The van der Waals surface area contributed by atoms with Crippen molar-refractivity contribution in [2.75, 3.05) is 0 Å². The van der Waals surface area contributed by atoms with Crippen molar-refractivity contribution in [3.05, 3.63) is 170 Å². The summed E-state index contributed by atoms with van der Waals surface area (Å²) >= 11 is 0. The Kier molecular flexibility index (Phi) is 6.46. The highest BCUT2D eigenvalue weighted by molar-refractivity contribution is 6.25. The molecule has 0 amide bonds. The molecule has 50 heavy (non-hydrogen) atoms. The van der Waals surface area contributed by atoms with Crippen molar-refractivity contribution >= 4 is 54.1 Å². The first-order valence-electron chi connectivity index (χ1n) is 16.8. The summed E-state index contributed by atoms with van der Waals surface area (Å²) in [6, 6.07) is 53.7. The van der Waals surface area contributed by atoms with Gasteiger partial charge in [0.1, 0.15) is 0 Å². The molecule has 0 N–H and O–H groups in total. The first kappa shape index (κ1) is 28.3. The molecular weight excluding hydrogens is 609 g/mol. The van der Waals surface area contributed by atoms with E-state index in [1.165, 1.54) is 38.2 Å². The standard InChI is InChI=1S/C46H28N4/c1-2-12-29(13-3-1)42-34-16-6-8-18-36(34)43(37-19-9-7-17-35(37)42)40-28-30-21-24-41(50-44(30)45-38(40)20-10-25-47-45)33-22-23-39(46-48-26-11-27-49-46)32-15-5-4-14-31(32)33/h1-28H. The molecule has 0 fully saturated rings. The monoisotopic (exact) mass is 636 g/mol. The summed E-state index contributed by atoms with van der Waals surface area (Å²) in [6.07, 6.45) is 5.44. The molecular formula is C46H28N4. The third-order valence-electron chi connectivity index (χ3n) is 9.82. The number of aromatic nitrogens is 4. The minimum Gasteiger partial charge on any atom is -0.254 e. The highest BCUT2D eigenvalue weighted by Gasteiger charge is 2.20. The fourth-order valence-electron chi connectivity index (χ4n) is 7.67. The van der Waals surface area contributed by atoms with Gasteiger partial charge in [-0.15, -0.1) is 0 Å². The van der Waals surface area contributed by atoms with Gasteiger partial charge < -0.3 is 0 Å². The van der Waals surface area contributed by atoms with Crippen LogP contribution in [0.5, 0.6) is 0 Å². The van der Waals surface area contributed by atoms with Gasteiger partial charge in [-0.2, -0.15) is 0 Å². The molecule has 0 aliphatic rings. The highest BCUT2D eigenvalue weighted by atomic mass is 14.9. The second-order valence-electron chi connectivity index (χ2n) is 12.6. The van der Waals surface area contributed by atoms with E-state index in [2.05, 4.69) is 149 Å². The lowest BCUT2D eigenvalue weighted by Crippen LogP contribution is -1.95. The maximum atomic E-state index is 5.35. The molecule has 4 heteroatoms. The predicted molar refractivity (Wildman–Crippen MR) is 207 cm³/mol. The van der Waals surface area contributed by atoms with Crippen LogP contribution in [0.2, 0.25) is 0 Å². The molecule has 0 saturated heterocycles. The third kappa shape index (κ3) is 4.39. The van der Waals surface area contributed by atoms with Gasteiger partial charge in [0, 0.05) is 40.5 Å². The van der Waals surface area contributed by atoms with Crippen LogP contribution >= 0.6 is 0 Å². The van der Waals surface area contributed by atoms with Crippen LogP contribution < -0.4 is 0 Å². The molecule has 0 bridgehead atoms. The van der Waals surface area contributed by atoms with E-state index in [1.54, 1.807) is 12.4 Å². The molecule has 0 aliphatic carbocycles. The number of benzene rings is 7. The zero-order valence-corrected chi connectivity index (χ0v) is 27.0. The summed E-state index contributed by atoms with van der Waals surface area (Å²) in [4.78, 5) is 19.4.